The number of nitrogens with zero attached hydrogens (tertiary/aromatic N) is 2. The highest BCUT2D eigenvalue weighted by Gasteiger charge is 2.51. The van der Waals surface area contributed by atoms with Crippen LogP contribution >= 0.6 is 0 Å². The number of para-hydroxylation sites is 1. The lowest BCUT2D eigenvalue weighted by Crippen LogP contribution is -2.66. The number of hydrogen-bond acceptors (Lipinski definition) is 7. The van der Waals surface area contributed by atoms with Crippen LogP contribution in [0.25, 0.3) is 33.6 Å². The first-order valence-corrected chi connectivity index (χ1v) is 22.1. The van der Waals surface area contributed by atoms with Gasteiger partial charge in [-0.15, -0.1) is 4.31 Å². The molecule has 0 amide bonds. The van der Waals surface area contributed by atoms with E-state index < -0.39 is 30.4 Å². The number of hydrogen-bond donors (Lipinski definition) is 0. The van der Waals surface area contributed by atoms with Crippen LogP contribution in [0.4, 0.5) is 0 Å². The molecule has 2 atom stereocenters. The van der Waals surface area contributed by atoms with Crippen LogP contribution in [0.1, 0.15) is 82.5 Å². The van der Waals surface area contributed by atoms with Crippen LogP contribution in [0.2, 0.25) is 5.04 Å². The van der Waals surface area contributed by atoms with Gasteiger partial charge in [-0.1, -0.05) is 118 Å². The first-order chi connectivity index (χ1) is 26.3. The molecular weight excluding hydrogens is 721 g/mol. The van der Waals surface area contributed by atoms with Gasteiger partial charge in [0.2, 0.25) is 0 Å². The molecular formula is C46H50N2O5SSi. The molecule has 2 aromatic heterocycles. The van der Waals surface area contributed by atoms with E-state index in [-0.39, 0.29) is 23.4 Å². The fourth-order valence-corrected chi connectivity index (χ4v) is 13.9. The molecule has 55 heavy (non-hydrogen) atoms. The summed E-state index contributed by atoms with van der Waals surface area (Å²) in [6, 6.07) is 40.9. The first kappa shape index (κ1) is 38.7. The summed E-state index contributed by atoms with van der Waals surface area (Å²) in [5, 5.41) is 3.24. The van der Waals surface area contributed by atoms with Crippen molar-refractivity contribution in [2.24, 2.45) is 0 Å². The quantitative estimate of drug-likeness (QED) is 0.0737. The number of fused-ring (bicyclic) bond motifs is 2. The van der Waals surface area contributed by atoms with Gasteiger partial charge >= 0.3 is 5.97 Å². The van der Waals surface area contributed by atoms with Gasteiger partial charge in [-0.2, -0.15) is 0 Å². The second kappa shape index (κ2) is 15.6. The van der Waals surface area contributed by atoms with Crippen molar-refractivity contribution in [3.05, 3.63) is 138 Å². The van der Waals surface area contributed by atoms with Crippen LogP contribution < -0.4 is 10.4 Å². The Labute approximate surface area is 329 Å². The van der Waals surface area contributed by atoms with Crippen molar-refractivity contribution < 1.29 is 22.9 Å². The van der Waals surface area contributed by atoms with Gasteiger partial charge in [0.05, 0.1) is 24.9 Å². The third-order valence-corrected chi connectivity index (χ3v) is 17.2. The summed E-state index contributed by atoms with van der Waals surface area (Å²) < 4.78 is 35.2. The Balaban J connectivity index is 1.34. The Morgan fingerprint density at radius 1 is 0.855 bits per heavy atom. The SMILES string of the molecule is CCOC(=O)c1cc2c(c(-c3cccc(-c4cc5ccccc5o4)c3)n1)[C@@H](CCO[Si](c1ccccc1)(c1ccccc1)C(C)(C)C)N([S+]([O-])C(C)(C)C)C2. The topological polar surface area (TPSA) is 87.9 Å². The van der Waals surface area contributed by atoms with Crippen LogP contribution in [0, 0.1) is 0 Å². The van der Waals surface area contributed by atoms with Gasteiger partial charge in [0, 0.05) is 40.0 Å². The van der Waals surface area contributed by atoms with E-state index in [1.54, 1.807) is 6.92 Å². The van der Waals surface area contributed by atoms with Gasteiger partial charge in [-0.3, -0.25) is 0 Å². The molecule has 6 aromatic rings. The summed E-state index contributed by atoms with van der Waals surface area (Å²) in [6.07, 6.45) is 0.565. The molecule has 0 aliphatic carbocycles. The highest BCUT2D eigenvalue weighted by Crippen LogP contribution is 2.46. The van der Waals surface area contributed by atoms with E-state index in [2.05, 4.69) is 79.7 Å². The Hall–Kier alpha value is -4.51. The molecule has 0 bridgehead atoms. The molecule has 7 nitrogen and oxygen atoms in total. The maximum absolute atomic E-state index is 14.5. The van der Waals surface area contributed by atoms with Crippen molar-refractivity contribution in [1.82, 2.24) is 9.29 Å². The molecule has 0 fully saturated rings. The fourth-order valence-electron chi connectivity index (χ4n) is 7.91. The average molecular weight is 771 g/mol. The summed E-state index contributed by atoms with van der Waals surface area (Å²) in [5.74, 6) is 0.258. The van der Waals surface area contributed by atoms with Crippen LogP contribution in [0.5, 0.6) is 0 Å². The zero-order valence-electron chi connectivity index (χ0n) is 32.8. The van der Waals surface area contributed by atoms with Gasteiger partial charge in [0.15, 0.2) is 0 Å². The number of ether oxygens (including phenoxy) is 1. The highest BCUT2D eigenvalue weighted by molar-refractivity contribution is 7.90. The molecule has 4 aromatic carbocycles. The number of aromatic nitrogens is 1. The number of esters is 1. The molecule has 284 valence electrons. The van der Waals surface area contributed by atoms with Crippen molar-refractivity contribution in [1.29, 1.82) is 0 Å². The number of carbonyl (C=O) groups is 1. The maximum Gasteiger partial charge on any atom is 0.356 e. The Morgan fingerprint density at radius 3 is 2.11 bits per heavy atom. The summed E-state index contributed by atoms with van der Waals surface area (Å²) in [6.45, 7) is 15.7. The van der Waals surface area contributed by atoms with Crippen LogP contribution in [0.15, 0.2) is 126 Å². The third kappa shape index (κ3) is 7.56. The van der Waals surface area contributed by atoms with Gasteiger partial charge in [0.1, 0.15) is 21.8 Å². The largest absolute Gasteiger partial charge is 0.597 e. The molecule has 3 heterocycles. The van der Waals surface area contributed by atoms with Crippen LogP contribution in [0.3, 0.4) is 0 Å². The van der Waals surface area contributed by atoms with E-state index in [1.807, 2.05) is 87.5 Å². The molecule has 9 heteroatoms. The van der Waals surface area contributed by atoms with Crippen molar-refractivity contribution in [2.75, 3.05) is 13.2 Å². The minimum atomic E-state index is -2.85. The van der Waals surface area contributed by atoms with Gasteiger partial charge in [0.25, 0.3) is 8.32 Å². The lowest BCUT2D eigenvalue weighted by Gasteiger charge is -2.43. The minimum absolute atomic E-state index is 0.199. The number of benzene rings is 4. The van der Waals surface area contributed by atoms with Crippen LogP contribution in [-0.4, -0.2) is 46.1 Å². The lowest BCUT2D eigenvalue weighted by atomic mass is 9.95. The van der Waals surface area contributed by atoms with E-state index in [0.29, 0.717) is 25.3 Å². The first-order valence-electron chi connectivity index (χ1n) is 19.1. The Bertz CT molecular complexity index is 2210. The van der Waals surface area contributed by atoms with Crippen molar-refractivity contribution in [3.8, 4) is 22.6 Å². The maximum atomic E-state index is 14.5. The van der Waals surface area contributed by atoms with Crippen LogP contribution in [-0.2, 0) is 27.1 Å². The fraction of sp³-hybridized carbons (Fsp3) is 0.304. The number of furan rings is 1. The van der Waals surface area contributed by atoms with Gasteiger partial charge < -0.3 is 18.1 Å². The number of rotatable bonds is 11. The van der Waals surface area contributed by atoms with Gasteiger partial charge in [-0.05, 0) is 79.4 Å². The molecule has 0 N–H and O–H groups in total. The normalized spacial score (nSPS) is 15.6. The molecule has 0 saturated heterocycles. The molecule has 0 saturated carbocycles. The Morgan fingerprint density at radius 2 is 1.49 bits per heavy atom. The predicted molar refractivity (Wildman–Crippen MR) is 225 cm³/mol. The third-order valence-electron chi connectivity index (χ3n) is 10.3. The second-order valence-electron chi connectivity index (χ2n) is 16.1. The van der Waals surface area contributed by atoms with Crippen molar-refractivity contribution in [3.63, 3.8) is 0 Å². The number of carbonyl (C=O) groups excluding carboxylic acids is 1. The van der Waals surface area contributed by atoms with Gasteiger partial charge in [-0.25, -0.2) is 9.78 Å². The van der Waals surface area contributed by atoms with E-state index in [4.69, 9.17) is 18.6 Å². The average Bonchev–Trinajstić information content (AvgIpc) is 3.78. The van der Waals surface area contributed by atoms with E-state index in [9.17, 15) is 9.35 Å². The van der Waals surface area contributed by atoms with E-state index >= 15 is 0 Å². The summed E-state index contributed by atoms with van der Waals surface area (Å²) in [5.41, 5.74) is 5.31. The van der Waals surface area contributed by atoms with E-state index in [0.717, 1.165) is 39.0 Å². The number of pyridine rings is 1. The minimum Gasteiger partial charge on any atom is -0.597 e. The second-order valence-corrected chi connectivity index (χ2v) is 22.6. The predicted octanol–water partition coefficient (Wildman–Crippen LogP) is 9.62. The molecule has 7 rings (SSSR count). The smallest absolute Gasteiger partial charge is 0.356 e. The molecule has 1 aliphatic heterocycles. The molecule has 0 spiro atoms. The monoisotopic (exact) mass is 770 g/mol. The van der Waals surface area contributed by atoms with Crippen molar-refractivity contribution in [2.45, 2.75) is 77.3 Å². The van der Waals surface area contributed by atoms with E-state index in [1.165, 1.54) is 10.4 Å². The highest BCUT2D eigenvalue weighted by atomic mass is 32.2. The summed E-state index contributed by atoms with van der Waals surface area (Å²) in [4.78, 5) is 18.4. The summed E-state index contributed by atoms with van der Waals surface area (Å²) >= 11 is -1.38. The standard InChI is InChI=1S/C46H50N2O5SSi/c1-8-51-44(49)38-29-35-31-48(54(50)45(2,3)4)39(26-27-52-55(46(5,6)7,36-21-11-9-12-22-36)37-23-13-10-14-24-37)42(35)43(47-38)34-20-17-19-32(28-34)41-30-33-18-15-16-25-40(33)53-41/h9-25,28-30,39H,8,26-27,31H2,1-7H3/t39-,54?/m1/s1. The zero-order chi connectivity index (χ0) is 39.0. The molecule has 1 unspecified atom stereocenters. The lowest BCUT2D eigenvalue weighted by molar-refractivity contribution is 0.0519. The molecule has 1 aliphatic rings. The zero-order valence-corrected chi connectivity index (χ0v) is 34.6. The Kier molecular flexibility index (Phi) is 11.0. The summed E-state index contributed by atoms with van der Waals surface area (Å²) in [7, 11) is -2.85. The molecule has 0 radical (unpaired) electrons. The van der Waals surface area contributed by atoms with Crippen molar-refractivity contribution >= 4 is 47.0 Å².